The van der Waals surface area contributed by atoms with E-state index in [1.54, 1.807) is 6.07 Å². The average molecular weight is 295 g/mol. The van der Waals surface area contributed by atoms with Crippen LogP contribution in [0.25, 0.3) is 0 Å². The van der Waals surface area contributed by atoms with Gasteiger partial charge < -0.3 is 20.7 Å². The smallest absolute Gasteiger partial charge is 0.167 e. The highest BCUT2D eigenvalue weighted by Crippen LogP contribution is 2.29. The predicted octanol–water partition coefficient (Wildman–Crippen LogP) is 2.95. The van der Waals surface area contributed by atoms with E-state index in [-0.39, 0.29) is 11.9 Å². The summed E-state index contributed by atoms with van der Waals surface area (Å²) in [5.74, 6) is 0.439. The molecule has 5 heteroatoms. The van der Waals surface area contributed by atoms with Gasteiger partial charge in [0.15, 0.2) is 11.6 Å². The lowest BCUT2D eigenvalue weighted by Crippen LogP contribution is -2.35. The number of nitrogens with zero attached hydrogens (tertiary/aromatic N) is 1. The van der Waals surface area contributed by atoms with E-state index < -0.39 is 5.82 Å². The largest absolute Gasteiger partial charge is 0.488 e. The minimum atomic E-state index is -0.413. The molecule has 4 nitrogen and oxygen atoms in total. The lowest BCUT2D eigenvalue weighted by molar-refractivity contribution is 0.217. The lowest BCUT2D eigenvalue weighted by Gasteiger charge is -2.30. The third-order valence-corrected chi connectivity index (χ3v) is 3.77. The Morgan fingerprint density at radius 2 is 2.24 bits per heavy atom. The van der Waals surface area contributed by atoms with Crippen molar-refractivity contribution in [3.05, 3.63) is 17.9 Å². The van der Waals surface area contributed by atoms with Gasteiger partial charge >= 0.3 is 0 Å². The number of benzene rings is 1. The zero-order valence-electron chi connectivity index (χ0n) is 13.2. The van der Waals surface area contributed by atoms with Crippen LogP contribution in [0.4, 0.5) is 15.8 Å². The summed E-state index contributed by atoms with van der Waals surface area (Å²) in [6.07, 6.45) is 2.38. The Balaban J connectivity index is 2.01. The molecule has 0 aliphatic carbocycles. The minimum absolute atomic E-state index is 0.0667. The topological polar surface area (TPSA) is 50.5 Å². The normalized spacial score (nSPS) is 19.8. The molecule has 3 N–H and O–H groups in total. The van der Waals surface area contributed by atoms with Crippen LogP contribution in [0.3, 0.4) is 0 Å². The number of halogens is 1. The minimum Gasteiger partial charge on any atom is -0.488 e. The summed E-state index contributed by atoms with van der Waals surface area (Å²) in [6, 6.07) is 2.99. The molecular formula is C16H26FN3O. The number of hydrogen-bond acceptors (Lipinski definition) is 4. The van der Waals surface area contributed by atoms with Gasteiger partial charge in [-0.05, 0) is 46.2 Å². The van der Waals surface area contributed by atoms with Gasteiger partial charge in [-0.25, -0.2) is 4.39 Å². The van der Waals surface area contributed by atoms with Crippen molar-refractivity contribution in [2.24, 2.45) is 5.92 Å². The van der Waals surface area contributed by atoms with E-state index in [0.29, 0.717) is 11.6 Å². The van der Waals surface area contributed by atoms with Gasteiger partial charge in [0, 0.05) is 25.2 Å². The van der Waals surface area contributed by atoms with Crippen LogP contribution in [0.2, 0.25) is 0 Å². The van der Waals surface area contributed by atoms with E-state index in [2.05, 4.69) is 17.3 Å². The van der Waals surface area contributed by atoms with E-state index >= 15 is 0 Å². The molecule has 1 atom stereocenters. The van der Waals surface area contributed by atoms with Crippen molar-refractivity contribution in [1.29, 1.82) is 0 Å². The second-order valence-corrected chi connectivity index (χ2v) is 6.19. The Kier molecular flexibility index (Phi) is 5.28. The number of ether oxygens (including phenoxy) is 1. The molecule has 1 aromatic rings. The van der Waals surface area contributed by atoms with Gasteiger partial charge in [-0.1, -0.05) is 0 Å². The molecule has 0 amide bonds. The summed E-state index contributed by atoms with van der Waals surface area (Å²) in [5, 5.41) is 3.35. The zero-order chi connectivity index (χ0) is 15.4. The molecule has 1 fully saturated rings. The summed E-state index contributed by atoms with van der Waals surface area (Å²) in [5.41, 5.74) is 7.07. The van der Waals surface area contributed by atoms with E-state index in [1.807, 2.05) is 13.8 Å². The van der Waals surface area contributed by atoms with Crippen molar-refractivity contribution in [1.82, 2.24) is 4.90 Å². The highest BCUT2D eigenvalue weighted by atomic mass is 19.1. The first-order valence-corrected chi connectivity index (χ1v) is 7.63. The van der Waals surface area contributed by atoms with Crippen LogP contribution in [0.1, 0.15) is 26.7 Å². The van der Waals surface area contributed by atoms with Gasteiger partial charge in [0.05, 0.1) is 17.5 Å². The first-order valence-electron chi connectivity index (χ1n) is 7.63. The zero-order valence-corrected chi connectivity index (χ0v) is 13.2. The number of hydrogen-bond donors (Lipinski definition) is 2. The molecule has 1 aromatic carbocycles. The van der Waals surface area contributed by atoms with Crippen molar-refractivity contribution in [3.8, 4) is 5.75 Å². The molecule has 1 aliphatic heterocycles. The Labute approximate surface area is 126 Å². The maximum Gasteiger partial charge on any atom is 0.167 e. The molecule has 1 saturated heterocycles. The number of nitrogens with two attached hydrogens (primary N) is 1. The van der Waals surface area contributed by atoms with Crippen LogP contribution in [0, 0.1) is 11.7 Å². The van der Waals surface area contributed by atoms with Crippen LogP contribution in [0.5, 0.6) is 5.75 Å². The van der Waals surface area contributed by atoms with E-state index in [0.717, 1.165) is 18.8 Å². The molecule has 2 rings (SSSR count). The molecule has 1 heterocycles. The van der Waals surface area contributed by atoms with Gasteiger partial charge in [-0.2, -0.15) is 0 Å². The van der Waals surface area contributed by atoms with E-state index in [4.69, 9.17) is 10.5 Å². The molecular weight excluding hydrogens is 269 g/mol. The molecule has 1 aliphatic rings. The molecule has 0 radical (unpaired) electrons. The third-order valence-electron chi connectivity index (χ3n) is 3.77. The number of rotatable bonds is 5. The van der Waals surface area contributed by atoms with Gasteiger partial charge in [-0.15, -0.1) is 0 Å². The highest BCUT2D eigenvalue weighted by molar-refractivity contribution is 5.68. The average Bonchev–Trinajstić information content (AvgIpc) is 2.40. The second kappa shape index (κ2) is 6.98. The van der Waals surface area contributed by atoms with E-state index in [9.17, 15) is 4.39 Å². The first-order chi connectivity index (χ1) is 9.95. The van der Waals surface area contributed by atoms with Crippen LogP contribution in [-0.2, 0) is 0 Å². The fourth-order valence-electron chi connectivity index (χ4n) is 2.76. The Bertz CT molecular complexity index is 479. The number of nitrogen functional groups attached to an aromatic ring is 1. The van der Waals surface area contributed by atoms with Crippen molar-refractivity contribution >= 4 is 11.4 Å². The van der Waals surface area contributed by atoms with Crippen molar-refractivity contribution in [2.45, 2.75) is 32.8 Å². The molecule has 0 saturated carbocycles. The van der Waals surface area contributed by atoms with Gasteiger partial charge in [0.25, 0.3) is 0 Å². The summed E-state index contributed by atoms with van der Waals surface area (Å²) >= 11 is 0. The fraction of sp³-hybridized carbons (Fsp3) is 0.625. The number of nitrogens with one attached hydrogen (secondary N) is 1. The van der Waals surface area contributed by atoms with Gasteiger partial charge in [-0.3, -0.25) is 0 Å². The van der Waals surface area contributed by atoms with Crippen molar-refractivity contribution in [2.75, 3.05) is 37.7 Å². The number of likely N-dealkylation sites (tertiary alicyclic amines) is 1. The van der Waals surface area contributed by atoms with Gasteiger partial charge in [0.1, 0.15) is 0 Å². The molecule has 1 unspecified atom stereocenters. The number of anilines is 2. The summed E-state index contributed by atoms with van der Waals surface area (Å²) in [7, 11) is 2.15. The van der Waals surface area contributed by atoms with Crippen LogP contribution in [0.15, 0.2) is 12.1 Å². The Hall–Kier alpha value is -1.49. The van der Waals surface area contributed by atoms with Crippen LogP contribution < -0.4 is 15.8 Å². The second-order valence-electron chi connectivity index (χ2n) is 6.19. The van der Waals surface area contributed by atoms with Crippen molar-refractivity contribution in [3.63, 3.8) is 0 Å². The van der Waals surface area contributed by atoms with Crippen molar-refractivity contribution < 1.29 is 9.13 Å². The highest BCUT2D eigenvalue weighted by Gasteiger charge is 2.18. The van der Waals surface area contributed by atoms with Gasteiger partial charge in [0.2, 0.25) is 0 Å². The fourth-order valence-corrected chi connectivity index (χ4v) is 2.76. The van der Waals surface area contributed by atoms with Crippen LogP contribution >= 0.6 is 0 Å². The molecule has 0 bridgehead atoms. The maximum atomic E-state index is 13.8. The quantitative estimate of drug-likeness (QED) is 0.820. The Morgan fingerprint density at radius 3 is 2.90 bits per heavy atom. The lowest BCUT2D eigenvalue weighted by atomic mass is 9.98. The standard InChI is InChI=1S/C16H26FN3O/c1-11(2)21-16-8-15(14(18)7-13(16)17)19-9-12-5-4-6-20(3)10-12/h7-8,11-12,19H,4-6,9-10,18H2,1-3H3. The molecule has 21 heavy (non-hydrogen) atoms. The third kappa shape index (κ3) is 4.49. The predicted molar refractivity (Wildman–Crippen MR) is 85.3 cm³/mol. The van der Waals surface area contributed by atoms with Crippen LogP contribution in [-0.4, -0.2) is 37.7 Å². The first kappa shape index (κ1) is 15.9. The monoisotopic (exact) mass is 295 g/mol. The summed E-state index contributed by atoms with van der Waals surface area (Å²) in [4.78, 5) is 2.34. The Morgan fingerprint density at radius 1 is 1.48 bits per heavy atom. The molecule has 118 valence electrons. The molecule has 0 aromatic heterocycles. The summed E-state index contributed by atoms with van der Waals surface area (Å²) < 4.78 is 19.3. The molecule has 0 spiro atoms. The van der Waals surface area contributed by atoms with E-state index in [1.165, 1.54) is 25.5 Å². The SMILES string of the molecule is CC(C)Oc1cc(NCC2CCCN(C)C2)c(N)cc1F. The maximum absolute atomic E-state index is 13.8. The number of piperidine rings is 1. The summed E-state index contributed by atoms with van der Waals surface area (Å²) in [6.45, 7) is 6.85.